The highest BCUT2D eigenvalue weighted by Gasteiger charge is 2.03. The summed E-state index contributed by atoms with van der Waals surface area (Å²) in [5.41, 5.74) is 2.41. The van der Waals surface area contributed by atoms with Gasteiger partial charge in [0, 0.05) is 29.7 Å². The van der Waals surface area contributed by atoms with E-state index in [1.807, 2.05) is 0 Å². The minimum atomic E-state index is 0.404. The Morgan fingerprint density at radius 3 is 1.79 bits per heavy atom. The summed E-state index contributed by atoms with van der Waals surface area (Å²) in [7, 11) is 0. The molecule has 0 fully saturated rings. The van der Waals surface area contributed by atoms with Crippen molar-refractivity contribution in [1.82, 2.24) is 0 Å². The fourth-order valence-electron chi connectivity index (χ4n) is 1.50. The minimum absolute atomic E-state index is 0.404. The van der Waals surface area contributed by atoms with Crippen LogP contribution in [0.1, 0.15) is 11.1 Å². The third-order valence-electron chi connectivity index (χ3n) is 2.55. The maximum absolute atomic E-state index is 11.8. The second-order valence-corrected chi connectivity index (χ2v) is 3.84. The molecule has 2 rings (SSSR count). The van der Waals surface area contributed by atoms with Crippen molar-refractivity contribution in [3.8, 4) is 0 Å². The monoisotopic (exact) mass is 252 g/mol. The second kappa shape index (κ2) is 5.68. The first kappa shape index (κ1) is 12.6. The van der Waals surface area contributed by atoms with Gasteiger partial charge in [-0.2, -0.15) is 0 Å². The van der Waals surface area contributed by atoms with Crippen LogP contribution in [0.2, 0.25) is 0 Å². The summed E-state index contributed by atoms with van der Waals surface area (Å²) in [5.74, 6) is 0. The predicted molar refractivity (Wildman–Crippen MR) is 74.0 cm³/mol. The average Bonchev–Trinajstić information content (AvgIpc) is 2.48. The molecule has 5 heteroatoms. The Morgan fingerprint density at radius 1 is 0.842 bits per heavy atom. The maximum atomic E-state index is 11.8. The highest BCUT2D eigenvalue weighted by molar-refractivity contribution is 5.77. The molecule has 0 radical (unpaired) electrons. The molecule has 0 aliphatic carbocycles. The van der Waals surface area contributed by atoms with E-state index in [9.17, 15) is 5.21 Å². The van der Waals surface area contributed by atoms with Crippen molar-refractivity contribution >= 4 is 23.8 Å². The summed E-state index contributed by atoms with van der Waals surface area (Å²) in [6.45, 7) is 0. The highest BCUT2D eigenvalue weighted by Crippen LogP contribution is 2.18. The highest BCUT2D eigenvalue weighted by atomic mass is 16.5. The standard InChI is InChI=1S/C14H12N4O/c15-9-11-1-5-13(6-2-11)17-18(19)14-7-3-12(10-16)4-8-14/h1-10,15-16H. The summed E-state index contributed by atoms with van der Waals surface area (Å²) in [4.78, 5) is 0.535. The summed E-state index contributed by atoms with van der Waals surface area (Å²) < 4.78 is 0. The smallest absolute Gasteiger partial charge is 0.244 e. The molecule has 0 saturated carbocycles. The van der Waals surface area contributed by atoms with Crippen LogP contribution in [0.15, 0.2) is 53.6 Å². The van der Waals surface area contributed by atoms with Crippen molar-refractivity contribution in [3.63, 3.8) is 0 Å². The Hall–Kier alpha value is -2.82. The van der Waals surface area contributed by atoms with E-state index >= 15 is 0 Å². The van der Waals surface area contributed by atoms with Gasteiger partial charge >= 0.3 is 0 Å². The number of nitrogens with one attached hydrogen (secondary N) is 2. The molecule has 0 amide bonds. The molecule has 0 saturated heterocycles. The van der Waals surface area contributed by atoms with Gasteiger partial charge in [-0.25, -0.2) is 0 Å². The Bertz CT molecular complexity index is 615. The molecule has 94 valence electrons. The Morgan fingerprint density at radius 2 is 1.32 bits per heavy atom. The van der Waals surface area contributed by atoms with E-state index in [0.717, 1.165) is 11.1 Å². The van der Waals surface area contributed by atoms with Crippen LogP contribution < -0.4 is 0 Å². The third-order valence-corrected chi connectivity index (χ3v) is 2.55. The molecule has 0 spiro atoms. The molecule has 5 nitrogen and oxygen atoms in total. The summed E-state index contributed by atoms with van der Waals surface area (Å²) in [5, 5.41) is 29.9. The second-order valence-electron chi connectivity index (χ2n) is 3.84. The zero-order valence-electron chi connectivity index (χ0n) is 10.1. The van der Waals surface area contributed by atoms with Gasteiger partial charge in [0.25, 0.3) is 0 Å². The molecule has 0 aromatic heterocycles. The Balaban J connectivity index is 2.25. The van der Waals surface area contributed by atoms with Crippen molar-refractivity contribution in [1.29, 1.82) is 10.8 Å². The first-order chi connectivity index (χ1) is 9.22. The van der Waals surface area contributed by atoms with Gasteiger partial charge in [0.05, 0.1) is 0 Å². The lowest BCUT2D eigenvalue weighted by molar-refractivity contribution is -0.435. The molecular formula is C14H12N4O. The van der Waals surface area contributed by atoms with Crippen molar-refractivity contribution in [2.75, 3.05) is 0 Å². The van der Waals surface area contributed by atoms with Gasteiger partial charge in [-0.15, -0.1) is 0 Å². The minimum Gasteiger partial charge on any atom is -0.594 e. The molecule has 2 aromatic rings. The van der Waals surface area contributed by atoms with Gasteiger partial charge in [-0.3, -0.25) is 0 Å². The fraction of sp³-hybridized carbons (Fsp3) is 0. The molecule has 19 heavy (non-hydrogen) atoms. The van der Waals surface area contributed by atoms with Crippen LogP contribution in [-0.4, -0.2) is 17.3 Å². The van der Waals surface area contributed by atoms with Crippen LogP contribution >= 0.6 is 0 Å². The van der Waals surface area contributed by atoms with Crippen molar-refractivity contribution in [2.45, 2.75) is 0 Å². The Kier molecular flexibility index (Phi) is 3.78. The number of benzene rings is 2. The summed E-state index contributed by atoms with van der Waals surface area (Å²) >= 11 is 0. The number of rotatable bonds is 4. The fourth-order valence-corrected chi connectivity index (χ4v) is 1.50. The van der Waals surface area contributed by atoms with E-state index in [1.54, 1.807) is 48.5 Å². The van der Waals surface area contributed by atoms with Gasteiger partial charge in [0.15, 0.2) is 0 Å². The van der Waals surface area contributed by atoms with E-state index in [0.29, 0.717) is 16.2 Å². The molecule has 2 aromatic carbocycles. The van der Waals surface area contributed by atoms with Crippen LogP contribution in [0.3, 0.4) is 0 Å². The Labute approximate surface area is 110 Å². The zero-order valence-corrected chi connectivity index (χ0v) is 10.1. The molecule has 2 N–H and O–H groups in total. The lowest BCUT2D eigenvalue weighted by Crippen LogP contribution is -1.91. The molecule has 0 atom stereocenters. The number of hydrogen-bond donors (Lipinski definition) is 2. The quantitative estimate of drug-likeness (QED) is 0.370. The van der Waals surface area contributed by atoms with Gasteiger partial charge in [-0.05, 0) is 35.4 Å². The molecule has 0 bridgehead atoms. The number of hydrogen-bond acceptors (Lipinski definition) is 4. The van der Waals surface area contributed by atoms with Gasteiger partial charge in [0.1, 0.15) is 5.69 Å². The van der Waals surface area contributed by atoms with Crippen LogP contribution in [0.25, 0.3) is 0 Å². The van der Waals surface area contributed by atoms with E-state index in [-0.39, 0.29) is 0 Å². The zero-order chi connectivity index (χ0) is 13.7. The predicted octanol–water partition coefficient (Wildman–Crippen LogP) is 3.61. The third kappa shape index (κ3) is 3.10. The SMILES string of the molecule is N=Cc1ccc(N=[N+]([O-])c2ccc(C=N)cc2)cc1. The molecular weight excluding hydrogens is 240 g/mol. The summed E-state index contributed by atoms with van der Waals surface area (Å²) in [6, 6.07) is 13.4. The van der Waals surface area contributed by atoms with E-state index in [1.165, 1.54) is 12.4 Å². The molecule has 0 aliphatic rings. The number of nitrogens with zero attached hydrogens (tertiary/aromatic N) is 2. The van der Waals surface area contributed by atoms with Crippen LogP contribution in [0, 0.1) is 16.0 Å². The van der Waals surface area contributed by atoms with E-state index in [4.69, 9.17) is 10.8 Å². The topological polar surface area (TPSA) is 86.1 Å². The van der Waals surface area contributed by atoms with E-state index < -0.39 is 0 Å². The van der Waals surface area contributed by atoms with Gasteiger partial charge in [0.2, 0.25) is 5.69 Å². The molecule has 0 aliphatic heterocycles. The van der Waals surface area contributed by atoms with Crippen LogP contribution in [0.4, 0.5) is 11.4 Å². The van der Waals surface area contributed by atoms with Crippen LogP contribution in [-0.2, 0) is 0 Å². The first-order valence-electron chi connectivity index (χ1n) is 5.63. The average molecular weight is 252 g/mol. The van der Waals surface area contributed by atoms with Crippen molar-refractivity contribution in [3.05, 3.63) is 64.9 Å². The van der Waals surface area contributed by atoms with E-state index in [2.05, 4.69) is 5.11 Å². The normalized spacial score (nSPS) is 11.1. The summed E-state index contributed by atoms with van der Waals surface area (Å²) in [6.07, 6.45) is 2.45. The lowest BCUT2D eigenvalue weighted by Gasteiger charge is -2.00. The first-order valence-corrected chi connectivity index (χ1v) is 5.63. The van der Waals surface area contributed by atoms with Gasteiger partial charge < -0.3 is 16.0 Å². The van der Waals surface area contributed by atoms with Crippen molar-refractivity contribution < 1.29 is 4.86 Å². The van der Waals surface area contributed by atoms with Gasteiger partial charge in [-0.1, -0.05) is 17.0 Å². The number of azo groups is 1. The van der Waals surface area contributed by atoms with Crippen molar-refractivity contribution in [2.24, 2.45) is 5.11 Å². The molecule has 0 heterocycles. The largest absolute Gasteiger partial charge is 0.594 e. The maximum Gasteiger partial charge on any atom is 0.244 e. The molecule has 0 unspecified atom stereocenters. The lowest BCUT2D eigenvalue weighted by atomic mass is 10.2. The van der Waals surface area contributed by atoms with Crippen LogP contribution in [0.5, 0.6) is 0 Å².